The third kappa shape index (κ3) is 4.26. The number of benzene rings is 2. The number of methoxy groups -OCH3 is 1. The fourth-order valence-corrected chi connectivity index (χ4v) is 4.13. The molecule has 0 bridgehead atoms. The Balaban J connectivity index is 1.52. The van der Waals surface area contributed by atoms with E-state index in [0.29, 0.717) is 34.8 Å². The summed E-state index contributed by atoms with van der Waals surface area (Å²) in [6.45, 7) is 1.84. The molecule has 2 atom stereocenters. The van der Waals surface area contributed by atoms with E-state index in [1.807, 2.05) is 44.3 Å². The largest absolute Gasteiger partial charge is 0.496 e. The van der Waals surface area contributed by atoms with Gasteiger partial charge < -0.3 is 19.4 Å². The van der Waals surface area contributed by atoms with Gasteiger partial charge in [-0.2, -0.15) is 0 Å². The van der Waals surface area contributed by atoms with E-state index in [1.54, 1.807) is 24.1 Å². The van der Waals surface area contributed by atoms with Crippen LogP contribution in [0.25, 0.3) is 22.6 Å². The molecule has 0 radical (unpaired) electrons. The van der Waals surface area contributed by atoms with E-state index in [2.05, 4.69) is 10.3 Å². The number of hydrogen-bond acceptors (Lipinski definition) is 5. The van der Waals surface area contributed by atoms with Gasteiger partial charge in [-0.25, -0.2) is 4.98 Å². The monoisotopic (exact) mass is 421 g/mol. The van der Waals surface area contributed by atoms with E-state index in [4.69, 9.17) is 9.15 Å². The van der Waals surface area contributed by atoms with Gasteiger partial charge in [-0.15, -0.1) is 0 Å². The van der Waals surface area contributed by atoms with Crippen molar-refractivity contribution in [2.45, 2.75) is 44.7 Å². The number of amides is 2. The number of rotatable bonds is 6. The number of ether oxygens (including phenoxy) is 1. The van der Waals surface area contributed by atoms with E-state index in [0.717, 1.165) is 24.8 Å². The number of carbonyl (C=O) groups excluding carboxylic acids is 2. The third-order valence-corrected chi connectivity index (χ3v) is 5.93. The molecule has 1 saturated carbocycles. The second-order valence-electron chi connectivity index (χ2n) is 7.90. The van der Waals surface area contributed by atoms with Gasteiger partial charge in [-0.05, 0) is 49.6 Å². The molecule has 0 aliphatic heterocycles. The van der Waals surface area contributed by atoms with Gasteiger partial charge in [0.2, 0.25) is 11.8 Å². The number of nitrogens with one attached hydrogen (secondary N) is 1. The van der Waals surface area contributed by atoms with Crippen molar-refractivity contribution in [2.75, 3.05) is 14.2 Å². The van der Waals surface area contributed by atoms with E-state index < -0.39 is 0 Å². The van der Waals surface area contributed by atoms with Crippen LogP contribution < -0.4 is 10.1 Å². The molecule has 1 heterocycles. The molecule has 0 unspecified atom stereocenters. The number of nitrogens with zero attached hydrogens (tertiary/aromatic N) is 2. The van der Waals surface area contributed by atoms with Gasteiger partial charge >= 0.3 is 0 Å². The Morgan fingerprint density at radius 1 is 1.23 bits per heavy atom. The summed E-state index contributed by atoms with van der Waals surface area (Å²) in [5.74, 6) is 0.968. The van der Waals surface area contributed by atoms with Crippen LogP contribution in [-0.4, -0.2) is 47.9 Å². The first-order chi connectivity index (χ1) is 15.0. The van der Waals surface area contributed by atoms with Gasteiger partial charge in [0, 0.05) is 31.1 Å². The predicted molar refractivity (Wildman–Crippen MR) is 118 cm³/mol. The van der Waals surface area contributed by atoms with Crippen molar-refractivity contribution in [1.29, 1.82) is 0 Å². The minimum atomic E-state index is -0.0742. The first kappa shape index (κ1) is 20.9. The molecule has 1 aliphatic rings. The van der Waals surface area contributed by atoms with E-state index in [1.165, 1.54) is 0 Å². The smallest absolute Gasteiger partial charge is 0.253 e. The Kier molecular flexibility index (Phi) is 5.93. The van der Waals surface area contributed by atoms with Crippen LogP contribution in [0.2, 0.25) is 0 Å². The SMILES string of the molecule is CCC(=O)N[C@H]1CC[C@@H](N(C)C(=O)c2ccc(-c3nc4ccccc4o3)c(OC)c2)C1. The van der Waals surface area contributed by atoms with E-state index in [-0.39, 0.29) is 23.9 Å². The van der Waals surface area contributed by atoms with Gasteiger partial charge in [0.1, 0.15) is 11.3 Å². The minimum absolute atomic E-state index is 0.0548. The topological polar surface area (TPSA) is 84.7 Å². The minimum Gasteiger partial charge on any atom is -0.496 e. The maximum Gasteiger partial charge on any atom is 0.253 e. The first-order valence-corrected chi connectivity index (χ1v) is 10.6. The van der Waals surface area contributed by atoms with Gasteiger partial charge in [0.15, 0.2) is 5.58 Å². The summed E-state index contributed by atoms with van der Waals surface area (Å²) >= 11 is 0. The standard InChI is InChI=1S/C24H27N3O4/c1-4-22(28)25-16-10-11-17(14-16)27(2)24(29)15-9-12-18(21(13-15)30-3)23-26-19-7-5-6-8-20(19)31-23/h5-9,12-13,16-17H,4,10-11,14H2,1-3H3,(H,25,28)/t16-,17+/m0/s1. The average molecular weight is 421 g/mol. The van der Waals surface area contributed by atoms with Crippen LogP contribution in [0.5, 0.6) is 5.75 Å². The molecule has 4 rings (SSSR count). The van der Waals surface area contributed by atoms with Crippen molar-refractivity contribution >= 4 is 22.9 Å². The molecule has 1 aromatic heterocycles. The molecular weight excluding hydrogens is 394 g/mol. The Morgan fingerprint density at radius 3 is 2.77 bits per heavy atom. The Morgan fingerprint density at radius 2 is 2.03 bits per heavy atom. The Labute approximate surface area is 181 Å². The maximum atomic E-state index is 13.1. The van der Waals surface area contributed by atoms with Crippen molar-refractivity contribution in [2.24, 2.45) is 0 Å². The number of oxazole rings is 1. The zero-order valence-corrected chi connectivity index (χ0v) is 18.1. The molecule has 31 heavy (non-hydrogen) atoms. The highest BCUT2D eigenvalue weighted by atomic mass is 16.5. The number of aromatic nitrogens is 1. The molecule has 3 aromatic rings. The second-order valence-corrected chi connectivity index (χ2v) is 7.90. The summed E-state index contributed by atoms with van der Waals surface area (Å²) in [4.78, 5) is 31.1. The summed E-state index contributed by atoms with van der Waals surface area (Å²) in [6.07, 6.45) is 3.00. The van der Waals surface area contributed by atoms with Crippen molar-refractivity contribution in [3.8, 4) is 17.2 Å². The summed E-state index contributed by atoms with van der Waals surface area (Å²) < 4.78 is 11.4. The Bertz CT molecular complexity index is 1070. The lowest BCUT2D eigenvalue weighted by molar-refractivity contribution is -0.121. The third-order valence-electron chi connectivity index (χ3n) is 5.93. The van der Waals surface area contributed by atoms with Crippen molar-refractivity contribution in [1.82, 2.24) is 15.2 Å². The highest BCUT2D eigenvalue weighted by Crippen LogP contribution is 2.33. The molecule has 2 amide bonds. The predicted octanol–water partition coefficient (Wildman–Crippen LogP) is 4.02. The fourth-order valence-electron chi connectivity index (χ4n) is 4.13. The van der Waals surface area contributed by atoms with Crippen molar-refractivity contribution in [3.05, 3.63) is 48.0 Å². The number of fused-ring (bicyclic) bond motifs is 1. The lowest BCUT2D eigenvalue weighted by Gasteiger charge is -2.25. The second kappa shape index (κ2) is 8.79. The van der Waals surface area contributed by atoms with E-state index >= 15 is 0 Å². The van der Waals surface area contributed by atoms with Gasteiger partial charge in [-0.3, -0.25) is 9.59 Å². The van der Waals surface area contributed by atoms with Gasteiger partial charge in [0.05, 0.1) is 12.7 Å². The summed E-state index contributed by atoms with van der Waals surface area (Å²) in [5.41, 5.74) is 2.71. The van der Waals surface area contributed by atoms with Crippen LogP contribution >= 0.6 is 0 Å². The molecule has 2 aromatic carbocycles. The van der Waals surface area contributed by atoms with Crippen molar-refractivity contribution in [3.63, 3.8) is 0 Å². The molecule has 1 N–H and O–H groups in total. The molecule has 7 nitrogen and oxygen atoms in total. The zero-order chi connectivity index (χ0) is 22.0. The lowest BCUT2D eigenvalue weighted by Crippen LogP contribution is -2.38. The quantitative estimate of drug-likeness (QED) is 0.650. The summed E-state index contributed by atoms with van der Waals surface area (Å²) in [5, 5.41) is 3.03. The maximum absolute atomic E-state index is 13.1. The summed E-state index contributed by atoms with van der Waals surface area (Å²) in [7, 11) is 3.38. The molecule has 1 aliphatic carbocycles. The van der Waals surface area contributed by atoms with Crippen LogP contribution in [0.4, 0.5) is 0 Å². The number of hydrogen-bond donors (Lipinski definition) is 1. The van der Waals surface area contributed by atoms with Crippen LogP contribution in [0, 0.1) is 0 Å². The highest BCUT2D eigenvalue weighted by molar-refractivity contribution is 5.95. The van der Waals surface area contributed by atoms with Crippen molar-refractivity contribution < 1.29 is 18.7 Å². The van der Waals surface area contributed by atoms with Crippen LogP contribution in [-0.2, 0) is 4.79 Å². The number of carbonyl (C=O) groups is 2. The molecule has 0 saturated heterocycles. The molecular formula is C24H27N3O4. The molecule has 7 heteroatoms. The average Bonchev–Trinajstić information content (AvgIpc) is 3.44. The van der Waals surface area contributed by atoms with Crippen LogP contribution in [0.15, 0.2) is 46.9 Å². The Hall–Kier alpha value is -3.35. The lowest BCUT2D eigenvalue weighted by atomic mass is 10.1. The zero-order valence-electron chi connectivity index (χ0n) is 18.1. The number of para-hydroxylation sites is 2. The van der Waals surface area contributed by atoms with E-state index in [9.17, 15) is 9.59 Å². The molecule has 1 fully saturated rings. The molecule has 162 valence electrons. The van der Waals surface area contributed by atoms with Gasteiger partial charge in [0.25, 0.3) is 5.91 Å². The van der Waals surface area contributed by atoms with Gasteiger partial charge in [-0.1, -0.05) is 19.1 Å². The summed E-state index contributed by atoms with van der Waals surface area (Å²) in [6, 6.07) is 13.1. The highest BCUT2D eigenvalue weighted by Gasteiger charge is 2.31. The fraction of sp³-hybridized carbons (Fsp3) is 0.375. The van der Waals surface area contributed by atoms with Crippen LogP contribution in [0.3, 0.4) is 0 Å². The molecule has 0 spiro atoms. The normalized spacial score (nSPS) is 18.2. The van der Waals surface area contributed by atoms with Crippen LogP contribution in [0.1, 0.15) is 43.0 Å². The first-order valence-electron chi connectivity index (χ1n) is 10.6.